The van der Waals surface area contributed by atoms with Gasteiger partial charge in [-0.3, -0.25) is 4.98 Å². The summed E-state index contributed by atoms with van der Waals surface area (Å²) in [5.41, 5.74) is 0.0318. The van der Waals surface area contributed by atoms with E-state index in [0.717, 1.165) is 25.1 Å². The van der Waals surface area contributed by atoms with Gasteiger partial charge in [0.05, 0.1) is 17.3 Å². The van der Waals surface area contributed by atoms with E-state index < -0.39 is 11.7 Å². The Morgan fingerprint density at radius 2 is 1.80 bits per heavy atom. The molecule has 0 spiro atoms. The number of nitrogens with one attached hydrogen (secondary N) is 1. The predicted octanol–water partition coefficient (Wildman–Crippen LogP) is 4.33. The molecule has 1 saturated carbocycles. The van der Waals surface area contributed by atoms with Gasteiger partial charge in [-0.1, -0.05) is 25.7 Å². The highest BCUT2D eigenvalue weighted by Crippen LogP contribution is 2.34. The zero-order valence-electron chi connectivity index (χ0n) is 11.7. The molecule has 1 aliphatic rings. The zero-order chi connectivity index (χ0) is 14.6. The Kier molecular flexibility index (Phi) is 5.02. The summed E-state index contributed by atoms with van der Waals surface area (Å²) in [6.45, 7) is 0. The van der Waals surface area contributed by atoms with Crippen LogP contribution in [-0.2, 0) is 6.18 Å². The molecule has 20 heavy (non-hydrogen) atoms. The molecule has 1 fully saturated rings. The molecule has 5 heteroatoms. The fraction of sp³-hybridized carbons (Fsp3) is 0.667. The van der Waals surface area contributed by atoms with Crippen molar-refractivity contribution in [2.45, 2.75) is 50.7 Å². The molecule has 0 amide bonds. The molecule has 0 saturated heterocycles. The van der Waals surface area contributed by atoms with Crippen molar-refractivity contribution < 1.29 is 13.2 Å². The lowest BCUT2D eigenvalue weighted by Crippen LogP contribution is -2.26. The maximum Gasteiger partial charge on any atom is 0.417 e. The first-order chi connectivity index (χ1) is 9.52. The van der Waals surface area contributed by atoms with Crippen LogP contribution in [0.15, 0.2) is 18.3 Å². The number of halogens is 3. The lowest BCUT2D eigenvalue weighted by molar-refractivity contribution is -0.137. The third-order valence-electron chi connectivity index (χ3n) is 4.11. The van der Waals surface area contributed by atoms with Crippen LogP contribution in [0.3, 0.4) is 0 Å². The largest absolute Gasteiger partial charge is 0.417 e. The van der Waals surface area contributed by atoms with Gasteiger partial charge in [-0.2, -0.15) is 13.2 Å². The summed E-state index contributed by atoms with van der Waals surface area (Å²) in [6, 6.07) is 2.69. The Bertz CT molecular complexity index is 406. The van der Waals surface area contributed by atoms with Gasteiger partial charge >= 0.3 is 6.18 Å². The summed E-state index contributed by atoms with van der Waals surface area (Å²) in [5.74, 6) is 0.465. The van der Waals surface area contributed by atoms with Gasteiger partial charge in [0.1, 0.15) is 0 Å². The van der Waals surface area contributed by atoms with E-state index in [0.29, 0.717) is 11.6 Å². The van der Waals surface area contributed by atoms with Crippen LogP contribution in [0, 0.1) is 5.92 Å². The van der Waals surface area contributed by atoms with Gasteiger partial charge in [0.25, 0.3) is 0 Å². The van der Waals surface area contributed by atoms with Gasteiger partial charge in [-0.15, -0.1) is 0 Å². The highest BCUT2D eigenvalue weighted by molar-refractivity contribution is 5.19. The zero-order valence-corrected chi connectivity index (χ0v) is 11.7. The Morgan fingerprint density at radius 3 is 2.25 bits per heavy atom. The van der Waals surface area contributed by atoms with Crippen molar-refractivity contribution in [1.29, 1.82) is 0 Å². The van der Waals surface area contributed by atoms with Crippen LogP contribution in [0.4, 0.5) is 13.2 Å². The number of pyridine rings is 1. The van der Waals surface area contributed by atoms with E-state index in [-0.39, 0.29) is 6.04 Å². The van der Waals surface area contributed by atoms with Crippen molar-refractivity contribution in [3.8, 4) is 0 Å². The van der Waals surface area contributed by atoms with Crippen LogP contribution in [0.2, 0.25) is 0 Å². The smallest absolute Gasteiger partial charge is 0.311 e. The Labute approximate surface area is 117 Å². The molecule has 0 bridgehead atoms. The second kappa shape index (κ2) is 6.57. The van der Waals surface area contributed by atoms with Crippen molar-refractivity contribution in [3.63, 3.8) is 0 Å². The number of aromatic nitrogens is 1. The highest BCUT2D eigenvalue weighted by Gasteiger charge is 2.31. The maximum absolute atomic E-state index is 12.6. The van der Waals surface area contributed by atoms with Crippen molar-refractivity contribution in [1.82, 2.24) is 10.3 Å². The number of rotatable bonds is 3. The molecular weight excluding hydrogens is 265 g/mol. The summed E-state index contributed by atoms with van der Waals surface area (Å²) < 4.78 is 37.7. The highest BCUT2D eigenvalue weighted by atomic mass is 19.4. The van der Waals surface area contributed by atoms with Crippen molar-refractivity contribution in [2.75, 3.05) is 7.05 Å². The van der Waals surface area contributed by atoms with Crippen molar-refractivity contribution in [2.24, 2.45) is 5.92 Å². The molecule has 112 valence electrons. The molecule has 2 nitrogen and oxygen atoms in total. The first-order valence-electron chi connectivity index (χ1n) is 7.23. The quantitative estimate of drug-likeness (QED) is 0.836. The van der Waals surface area contributed by atoms with E-state index in [1.165, 1.54) is 31.7 Å². The molecule has 1 aromatic rings. The second-order valence-electron chi connectivity index (χ2n) is 5.49. The molecule has 1 heterocycles. The lowest BCUT2D eigenvalue weighted by Gasteiger charge is -2.25. The lowest BCUT2D eigenvalue weighted by atomic mass is 9.89. The molecule has 1 atom stereocenters. The molecule has 0 aliphatic heterocycles. The van der Waals surface area contributed by atoms with Crippen molar-refractivity contribution in [3.05, 3.63) is 29.6 Å². The van der Waals surface area contributed by atoms with Gasteiger partial charge in [-0.05, 0) is 37.9 Å². The van der Waals surface area contributed by atoms with Gasteiger partial charge in [0.2, 0.25) is 0 Å². The fourth-order valence-electron chi connectivity index (χ4n) is 3.03. The SMILES string of the molecule is CNC(c1ccc(C(F)(F)F)cn1)C1CCCCCC1. The average molecular weight is 286 g/mol. The average Bonchev–Trinajstić information content (AvgIpc) is 2.68. The van der Waals surface area contributed by atoms with Crippen LogP contribution in [0.5, 0.6) is 0 Å². The van der Waals surface area contributed by atoms with Crippen LogP contribution in [0.25, 0.3) is 0 Å². The number of alkyl halides is 3. The van der Waals surface area contributed by atoms with E-state index >= 15 is 0 Å². The minimum atomic E-state index is -4.32. The van der Waals surface area contributed by atoms with Gasteiger partial charge < -0.3 is 5.32 Å². The molecule has 1 aromatic heterocycles. The van der Waals surface area contributed by atoms with Crippen LogP contribution in [-0.4, -0.2) is 12.0 Å². The maximum atomic E-state index is 12.6. The van der Waals surface area contributed by atoms with E-state index in [1.807, 2.05) is 7.05 Å². The van der Waals surface area contributed by atoms with Crippen molar-refractivity contribution >= 4 is 0 Å². The summed E-state index contributed by atoms with van der Waals surface area (Å²) in [6.07, 6.45) is 3.77. The minimum absolute atomic E-state index is 0.0513. The summed E-state index contributed by atoms with van der Waals surface area (Å²) in [7, 11) is 1.86. The molecule has 0 aromatic carbocycles. The van der Waals surface area contributed by atoms with Gasteiger partial charge in [-0.25, -0.2) is 0 Å². The minimum Gasteiger partial charge on any atom is -0.311 e. The third-order valence-corrected chi connectivity index (χ3v) is 4.11. The molecule has 1 N–H and O–H groups in total. The Balaban J connectivity index is 2.14. The topological polar surface area (TPSA) is 24.9 Å². The van der Waals surface area contributed by atoms with E-state index in [9.17, 15) is 13.2 Å². The Hall–Kier alpha value is -1.10. The van der Waals surface area contributed by atoms with E-state index in [2.05, 4.69) is 10.3 Å². The van der Waals surface area contributed by atoms with E-state index in [1.54, 1.807) is 0 Å². The van der Waals surface area contributed by atoms with Crippen LogP contribution in [0.1, 0.15) is 55.8 Å². The van der Waals surface area contributed by atoms with Gasteiger partial charge in [0.15, 0.2) is 0 Å². The normalized spacial score (nSPS) is 19.6. The standard InChI is InChI=1S/C15H21F3N2/c1-19-14(11-6-4-2-3-5-7-11)13-9-8-12(10-20-13)15(16,17)18/h8-11,14,19H,2-7H2,1H3. The first-order valence-corrected chi connectivity index (χ1v) is 7.23. The molecule has 1 unspecified atom stereocenters. The predicted molar refractivity (Wildman–Crippen MR) is 72.2 cm³/mol. The molecule has 2 rings (SSSR count). The van der Waals surface area contributed by atoms with E-state index in [4.69, 9.17) is 0 Å². The number of hydrogen-bond donors (Lipinski definition) is 1. The second-order valence-corrected chi connectivity index (χ2v) is 5.49. The summed E-state index contributed by atoms with van der Waals surface area (Å²) in [4.78, 5) is 4.04. The molecular formula is C15H21F3N2. The fourth-order valence-corrected chi connectivity index (χ4v) is 3.03. The van der Waals surface area contributed by atoms with Crippen LogP contribution < -0.4 is 5.32 Å². The first kappa shape index (κ1) is 15.3. The number of hydrogen-bond acceptors (Lipinski definition) is 2. The monoisotopic (exact) mass is 286 g/mol. The molecule has 1 aliphatic carbocycles. The summed E-state index contributed by atoms with van der Waals surface area (Å²) >= 11 is 0. The van der Waals surface area contributed by atoms with Crippen LogP contribution >= 0.6 is 0 Å². The van der Waals surface area contributed by atoms with Gasteiger partial charge in [0, 0.05) is 6.20 Å². The summed E-state index contributed by atoms with van der Waals surface area (Å²) in [5, 5.41) is 3.23. The number of nitrogens with zero attached hydrogens (tertiary/aromatic N) is 1. The Morgan fingerprint density at radius 1 is 1.15 bits per heavy atom. The molecule has 0 radical (unpaired) electrons. The third kappa shape index (κ3) is 3.72.